The Morgan fingerprint density at radius 1 is 1.26 bits per heavy atom. The van der Waals surface area contributed by atoms with Crippen LogP contribution in [0.4, 0.5) is 10.1 Å². The third-order valence-corrected chi connectivity index (χ3v) is 4.42. The van der Waals surface area contributed by atoms with Crippen LogP contribution in [0.2, 0.25) is 0 Å². The van der Waals surface area contributed by atoms with Gasteiger partial charge in [0, 0.05) is 16.7 Å². The van der Waals surface area contributed by atoms with Crippen LogP contribution in [0.5, 0.6) is 11.5 Å². The van der Waals surface area contributed by atoms with Gasteiger partial charge in [-0.3, -0.25) is 10.1 Å². The van der Waals surface area contributed by atoms with Crippen LogP contribution in [0.1, 0.15) is 17.3 Å². The van der Waals surface area contributed by atoms with Crippen molar-refractivity contribution >= 4 is 23.4 Å². The Bertz CT molecular complexity index is 829. The van der Waals surface area contributed by atoms with Gasteiger partial charge in [-0.15, -0.1) is 11.8 Å². The highest BCUT2D eigenvalue weighted by molar-refractivity contribution is 7.99. The number of nitro benzene ring substituents is 1. The summed E-state index contributed by atoms with van der Waals surface area (Å²) in [6.07, 6.45) is 0. The molecule has 0 aliphatic rings. The van der Waals surface area contributed by atoms with Crippen LogP contribution in [0.25, 0.3) is 0 Å². The van der Waals surface area contributed by atoms with Gasteiger partial charge in [-0.1, -0.05) is 12.1 Å². The summed E-state index contributed by atoms with van der Waals surface area (Å²) < 4.78 is 29.1. The predicted octanol–water partition coefficient (Wildman–Crippen LogP) is 4.09. The standard InChI is InChI=1S/C18H18FNO6S/c1-3-25-16-10-12(14(20(22)23)11-15(16)24-2)18(21)26-8-9-27-17-7-5-4-6-13(17)19/h4-7,10-11H,3,8-9H2,1-2H3. The van der Waals surface area contributed by atoms with E-state index in [0.717, 1.165) is 6.07 Å². The first-order valence-corrected chi connectivity index (χ1v) is 9.00. The lowest BCUT2D eigenvalue weighted by atomic mass is 10.1. The van der Waals surface area contributed by atoms with E-state index in [9.17, 15) is 19.3 Å². The summed E-state index contributed by atoms with van der Waals surface area (Å²) >= 11 is 1.18. The fraction of sp³-hybridized carbons (Fsp3) is 0.278. The van der Waals surface area contributed by atoms with E-state index < -0.39 is 16.6 Å². The van der Waals surface area contributed by atoms with E-state index in [-0.39, 0.29) is 29.5 Å². The van der Waals surface area contributed by atoms with Crippen LogP contribution >= 0.6 is 11.8 Å². The number of ether oxygens (including phenoxy) is 3. The van der Waals surface area contributed by atoms with Gasteiger partial charge in [0.1, 0.15) is 18.0 Å². The SMILES string of the molecule is CCOc1cc(C(=O)OCCSc2ccccc2F)c([N+](=O)[O-])cc1OC. The Kier molecular flexibility index (Phi) is 7.42. The van der Waals surface area contributed by atoms with Crippen molar-refractivity contribution in [2.24, 2.45) is 0 Å². The smallest absolute Gasteiger partial charge is 0.345 e. The van der Waals surface area contributed by atoms with Crippen molar-refractivity contribution in [1.29, 1.82) is 0 Å². The molecule has 7 nitrogen and oxygen atoms in total. The number of esters is 1. The highest BCUT2D eigenvalue weighted by Crippen LogP contribution is 2.35. The largest absolute Gasteiger partial charge is 0.493 e. The molecule has 0 radical (unpaired) electrons. The number of hydrogen-bond donors (Lipinski definition) is 0. The topological polar surface area (TPSA) is 87.9 Å². The molecular weight excluding hydrogens is 377 g/mol. The lowest BCUT2D eigenvalue weighted by molar-refractivity contribution is -0.385. The normalized spacial score (nSPS) is 10.3. The van der Waals surface area contributed by atoms with Crippen LogP contribution in [0.15, 0.2) is 41.3 Å². The first-order chi connectivity index (χ1) is 13.0. The molecule has 0 N–H and O–H groups in total. The van der Waals surface area contributed by atoms with Gasteiger partial charge >= 0.3 is 5.97 Å². The van der Waals surface area contributed by atoms with Crippen molar-refractivity contribution in [3.63, 3.8) is 0 Å². The molecule has 0 unspecified atom stereocenters. The molecule has 144 valence electrons. The number of rotatable bonds is 9. The van der Waals surface area contributed by atoms with Gasteiger partial charge in [0.15, 0.2) is 11.5 Å². The average Bonchev–Trinajstić information content (AvgIpc) is 2.66. The number of nitrogens with zero attached hydrogens (tertiary/aromatic N) is 1. The number of thioether (sulfide) groups is 1. The molecule has 0 amide bonds. The number of nitro groups is 1. The Morgan fingerprint density at radius 2 is 2.00 bits per heavy atom. The number of benzene rings is 2. The summed E-state index contributed by atoms with van der Waals surface area (Å²) in [5, 5.41) is 11.3. The maximum absolute atomic E-state index is 13.5. The third kappa shape index (κ3) is 5.33. The maximum atomic E-state index is 13.5. The summed E-state index contributed by atoms with van der Waals surface area (Å²) in [4.78, 5) is 23.3. The fourth-order valence-electron chi connectivity index (χ4n) is 2.22. The molecule has 9 heteroatoms. The molecule has 27 heavy (non-hydrogen) atoms. The van der Waals surface area contributed by atoms with Gasteiger partial charge in [-0.25, -0.2) is 9.18 Å². The lowest BCUT2D eigenvalue weighted by Crippen LogP contribution is -2.11. The average molecular weight is 395 g/mol. The molecule has 0 atom stereocenters. The van der Waals surface area contributed by atoms with E-state index in [2.05, 4.69) is 0 Å². The summed E-state index contributed by atoms with van der Waals surface area (Å²) in [5.41, 5.74) is -0.679. The summed E-state index contributed by atoms with van der Waals surface area (Å²) in [5.74, 6) is -0.566. The van der Waals surface area contributed by atoms with Gasteiger partial charge in [-0.05, 0) is 19.1 Å². The van der Waals surface area contributed by atoms with Crippen molar-refractivity contribution in [2.75, 3.05) is 26.1 Å². The molecule has 0 aromatic heterocycles. The van der Waals surface area contributed by atoms with Crippen molar-refractivity contribution < 1.29 is 28.3 Å². The third-order valence-electron chi connectivity index (χ3n) is 3.41. The molecule has 0 saturated heterocycles. The van der Waals surface area contributed by atoms with Gasteiger partial charge in [0.25, 0.3) is 5.69 Å². The number of carbonyl (C=O) groups is 1. The summed E-state index contributed by atoms with van der Waals surface area (Å²) in [6, 6.07) is 8.59. The van der Waals surface area contributed by atoms with Crippen molar-refractivity contribution in [3.8, 4) is 11.5 Å². The lowest BCUT2D eigenvalue weighted by Gasteiger charge is -2.11. The number of methoxy groups -OCH3 is 1. The van der Waals surface area contributed by atoms with Crippen LogP contribution in [-0.4, -0.2) is 37.0 Å². The Morgan fingerprint density at radius 3 is 2.63 bits per heavy atom. The zero-order chi connectivity index (χ0) is 19.8. The van der Waals surface area contributed by atoms with Gasteiger partial charge in [-0.2, -0.15) is 0 Å². The molecule has 2 rings (SSSR count). The molecule has 0 spiro atoms. The zero-order valence-corrected chi connectivity index (χ0v) is 15.6. The minimum atomic E-state index is -0.862. The molecule has 0 aliphatic carbocycles. The molecule has 0 saturated carbocycles. The number of hydrogen-bond acceptors (Lipinski definition) is 7. The highest BCUT2D eigenvalue weighted by Gasteiger charge is 2.25. The van der Waals surface area contributed by atoms with E-state index in [1.165, 1.54) is 31.0 Å². The Labute approximate surface area is 159 Å². The highest BCUT2D eigenvalue weighted by atomic mass is 32.2. The minimum absolute atomic E-state index is 0.0367. The molecule has 0 fully saturated rings. The Balaban J connectivity index is 2.08. The molecular formula is C18H18FNO6S. The van der Waals surface area contributed by atoms with Gasteiger partial charge in [0.2, 0.25) is 0 Å². The molecule has 2 aromatic rings. The second kappa shape index (κ2) is 9.77. The van der Waals surface area contributed by atoms with Crippen LogP contribution in [0, 0.1) is 15.9 Å². The number of carbonyl (C=O) groups excluding carboxylic acids is 1. The Hall–Kier alpha value is -2.81. The van der Waals surface area contributed by atoms with Gasteiger partial charge in [0.05, 0.1) is 24.7 Å². The van der Waals surface area contributed by atoms with Crippen molar-refractivity contribution in [3.05, 3.63) is 57.9 Å². The van der Waals surface area contributed by atoms with E-state index >= 15 is 0 Å². The van der Waals surface area contributed by atoms with E-state index in [0.29, 0.717) is 17.3 Å². The van der Waals surface area contributed by atoms with E-state index in [1.807, 2.05) is 0 Å². The second-order valence-electron chi connectivity index (χ2n) is 5.13. The molecule has 0 bridgehead atoms. The fourth-order valence-corrected chi connectivity index (χ4v) is 2.98. The van der Waals surface area contributed by atoms with Crippen LogP contribution in [0.3, 0.4) is 0 Å². The van der Waals surface area contributed by atoms with Crippen molar-refractivity contribution in [2.45, 2.75) is 11.8 Å². The zero-order valence-electron chi connectivity index (χ0n) is 14.8. The van der Waals surface area contributed by atoms with Crippen molar-refractivity contribution in [1.82, 2.24) is 0 Å². The predicted molar refractivity (Wildman–Crippen MR) is 98.2 cm³/mol. The number of halogens is 1. The summed E-state index contributed by atoms with van der Waals surface area (Å²) in [7, 11) is 1.35. The molecule has 2 aromatic carbocycles. The van der Waals surface area contributed by atoms with E-state index in [1.54, 1.807) is 25.1 Å². The van der Waals surface area contributed by atoms with Crippen LogP contribution in [-0.2, 0) is 4.74 Å². The van der Waals surface area contributed by atoms with E-state index in [4.69, 9.17) is 14.2 Å². The minimum Gasteiger partial charge on any atom is -0.493 e. The first-order valence-electron chi connectivity index (χ1n) is 8.01. The van der Waals surface area contributed by atoms with Gasteiger partial charge < -0.3 is 14.2 Å². The monoisotopic (exact) mass is 395 g/mol. The quantitative estimate of drug-likeness (QED) is 0.208. The second-order valence-corrected chi connectivity index (χ2v) is 6.26. The van der Waals surface area contributed by atoms with Crippen LogP contribution < -0.4 is 9.47 Å². The molecule has 0 heterocycles. The molecule has 0 aliphatic heterocycles. The maximum Gasteiger partial charge on any atom is 0.345 e. The summed E-state index contributed by atoms with van der Waals surface area (Å²) in [6.45, 7) is 1.99. The first kappa shape index (κ1) is 20.5.